The molecule has 6 nitrogen and oxygen atoms in total. The zero-order valence-corrected chi connectivity index (χ0v) is 11.5. The molecular weight excluding hydrogens is 270 g/mol. The summed E-state index contributed by atoms with van der Waals surface area (Å²) in [5, 5.41) is 5.33. The Morgan fingerprint density at radius 3 is 2.14 bits per heavy atom. The third-order valence-electron chi connectivity index (χ3n) is 2.61. The van der Waals surface area contributed by atoms with Crippen molar-refractivity contribution in [2.24, 2.45) is 0 Å². The first kappa shape index (κ1) is 14.5. The highest BCUT2D eigenvalue weighted by molar-refractivity contribution is 6.04. The summed E-state index contributed by atoms with van der Waals surface area (Å²) in [6, 6.07) is 10.0. The molecule has 1 heterocycles. The topological polar surface area (TPSA) is 80.3 Å². The molecule has 2 rings (SSSR count). The lowest BCUT2D eigenvalue weighted by molar-refractivity contribution is 0.102. The molecule has 2 amide bonds. The first-order valence-electron chi connectivity index (χ1n) is 6.44. The molecule has 0 aliphatic rings. The van der Waals surface area contributed by atoms with E-state index in [1.54, 1.807) is 55.7 Å². The molecule has 0 atom stereocenters. The van der Waals surface area contributed by atoms with Crippen LogP contribution in [-0.2, 0) is 4.74 Å². The van der Waals surface area contributed by atoms with Crippen LogP contribution in [0.5, 0.6) is 0 Å². The highest BCUT2D eigenvalue weighted by Crippen LogP contribution is 2.14. The van der Waals surface area contributed by atoms with Gasteiger partial charge in [0, 0.05) is 29.3 Å². The SMILES string of the molecule is CCOC(=O)Nc1ccc(NC(=O)c2ccncc2)cc1. The molecule has 0 saturated heterocycles. The van der Waals surface area contributed by atoms with Crippen molar-refractivity contribution in [2.45, 2.75) is 6.92 Å². The molecule has 0 radical (unpaired) electrons. The first-order chi connectivity index (χ1) is 10.2. The monoisotopic (exact) mass is 285 g/mol. The molecule has 0 unspecified atom stereocenters. The van der Waals surface area contributed by atoms with Crippen molar-refractivity contribution >= 4 is 23.4 Å². The Morgan fingerprint density at radius 1 is 1.00 bits per heavy atom. The Morgan fingerprint density at radius 2 is 1.57 bits per heavy atom. The van der Waals surface area contributed by atoms with E-state index in [1.807, 2.05) is 0 Å². The number of carbonyl (C=O) groups is 2. The molecular formula is C15H15N3O3. The molecule has 21 heavy (non-hydrogen) atoms. The van der Waals surface area contributed by atoms with Gasteiger partial charge >= 0.3 is 6.09 Å². The van der Waals surface area contributed by atoms with Gasteiger partial charge in [-0.25, -0.2) is 4.79 Å². The number of nitrogens with one attached hydrogen (secondary N) is 2. The molecule has 2 aromatic rings. The largest absolute Gasteiger partial charge is 0.450 e. The maximum Gasteiger partial charge on any atom is 0.411 e. The van der Waals surface area contributed by atoms with Crippen LogP contribution in [0.15, 0.2) is 48.8 Å². The van der Waals surface area contributed by atoms with Crippen LogP contribution in [0.1, 0.15) is 17.3 Å². The van der Waals surface area contributed by atoms with Crippen molar-refractivity contribution in [1.82, 2.24) is 4.98 Å². The van der Waals surface area contributed by atoms with Gasteiger partial charge < -0.3 is 10.1 Å². The number of rotatable bonds is 4. The molecule has 1 aromatic carbocycles. The molecule has 0 bridgehead atoms. The second-order valence-electron chi connectivity index (χ2n) is 4.11. The fourth-order valence-corrected chi connectivity index (χ4v) is 1.63. The van der Waals surface area contributed by atoms with E-state index in [4.69, 9.17) is 4.74 Å². The number of ether oxygens (including phenoxy) is 1. The number of anilines is 2. The summed E-state index contributed by atoms with van der Waals surface area (Å²) in [6.07, 6.45) is 2.61. The Hall–Kier alpha value is -2.89. The Bertz CT molecular complexity index is 612. The van der Waals surface area contributed by atoms with Crippen molar-refractivity contribution in [3.05, 3.63) is 54.4 Å². The number of amides is 2. The number of nitrogens with zero attached hydrogens (tertiary/aromatic N) is 1. The van der Waals surface area contributed by atoms with Crippen LogP contribution in [-0.4, -0.2) is 23.6 Å². The number of hydrogen-bond acceptors (Lipinski definition) is 4. The van der Waals surface area contributed by atoms with E-state index in [9.17, 15) is 9.59 Å². The van der Waals surface area contributed by atoms with Gasteiger partial charge in [-0.2, -0.15) is 0 Å². The van der Waals surface area contributed by atoms with Crippen LogP contribution in [0.2, 0.25) is 0 Å². The Kier molecular flexibility index (Phi) is 4.87. The normalized spacial score (nSPS) is 9.76. The smallest absolute Gasteiger partial charge is 0.411 e. The summed E-state index contributed by atoms with van der Waals surface area (Å²) in [5.41, 5.74) is 1.75. The third-order valence-corrected chi connectivity index (χ3v) is 2.61. The van der Waals surface area contributed by atoms with Gasteiger partial charge in [0.05, 0.1) is 6.61 Å². The minimum Gasteiger partial charge on any atom is -0.450 e. The zero-order chi connectivity index (χ0) is 15.1. The molecule has 108 valence electrons. The summed E-state index contributed by atoms with van der Waals surface area (Å²) < 4.78 is 4.77. The van der Waals surface area contributed by atoms with Crippen LogP contribution < -0.4 is 10.6 Å². The van der Waals surface area contributed by atoms with Gasteiger partial charge in [-0.05, 0) is 43.3 Å². The lowest BCUT2D eigenvalue weighted by Crippen LogP contribution is -2.14. The second-order valence-corrected chi connectivity index (χ2v) is 4.11. The molecule has 6 heteroatoms. The number of hydrogen-bond donors (Lipinski definition) is 2. The van der Waals surface area contributed by atoms with E-state index in [-0.39, 0.29) is 5.91 Å². The average molecular weight is 285 g/mol. The van der Waals surface area contributed by atoms with Gasteiger partial charge in [0.2, 0.25) is 0 Å². The predicted octanol–water partition coefficient (Wildman–Crippen LogP) is 2.90. The van der Waals surface area contributed by atoms with Crippen molar-refractivity contribution in [2.75, 3.05) is 17.2 Å². The third kappa shape index (κ3) is 4.31. The van der Waals surface area contributed by atoms with Crippen molar-refractivity contribution in [3.63, 3.8) is 0 Å². The lowest BCUT2D eigenvalue weighted by atomic mass is 10.2. The lowest BCUT2D eigenvalue weighted by Gasteiger charge is -2.07. The van der Waals surface area contributed by atoms with Crippen molar-refractivity contribution in [3.8, 4) is 0 Å². The van der Waals surface area contributed by atoms with E-state index < -0.39 is 6.09 Å². The molecule has 0 fully saturated rings. The fourth-order valence-electron chi connectivity index (χ4n) is 1.63. The zero-order valence-electron chi connectivity index (χ0n) is 11.5. The highest BCUT2D eigenvalue weighted by Gasteiger charge is 2.06. The highest BCUT2D eigenvalue weighted by atomic mass is 16.5. The minimum absolute atomic E-state index is 0.219. The number of benzene rings is 1. The summed E-state index contributed by atoms with van der Waals surface area (Å²) in [6.45, 7) is 2.04. The first-order valence-corrected chi connectivity index (χ1v) is 6.44. The molecule has 0 spiro atoms. The summed E-state index contributed by atoms with van der Waals surface area (Å²) in [4.78, 5) is 27.0. The van der Waals surface area contributed by atoms with Gasteiger partial charge in [-0.15, -0.1) is 0 Å². The average Bonchev–Trinajstić information content (AvgIpc) is 2.50. The van der Waals surface area contributed by atoms with Gasteiger partial charge in [-0.1, -0.05) is 0 Å². The number of aromatic nitrogens is 1. The van der Waals surface area contributed by atoms with Gasteiger partial charge in [0.1, 0.15) is 0 Å². The van der Waals surface area contributed by atoms with Crippen LogP contribution >= 0.6 is 0 Å². The van der Waals surface area contributed by atoms with Crippen LogP contribution in [0.4, 0.5) is 16.2 Å². The van der Waals surface area contributed by atoms with Crippen molar-refractivity contribution in [1.29, 1.82) is 0 Å². The maximum absolute atomic E-state index is 11.9. The van der Waals surface area contributed by atoms with E-state index in [0.717, 1.165) is 0 Å². The Balaban J connectivity index is 1.96. The van der Waals surface area contributed by atoms with Gasteiger partial charge in [-0.3, -0.25) is 15.1 Å². The van der Waals surface area contributed by atoms with Gasteiger partial charge in [0.15, 0.2) is 0 Å². The molecule has 1 aromatic heterocycles. The summed E-state index contributed by atoms with van der Waals surface area (Å²) >= 11 is 0. The molecule has 0 aliphatic carbocycles. The second kappa shape index (κ2) is 7.04. The predicted molar refractivity (Wildman–Crippen MR) is 79.3 cm³/mol. The van der Waals surface area contributed by atoms with E-state index in [0.29, 0.717) is 23.5 Å². The quantitative estimate of drug-likeness (QED) is 0.905. The standard InChI is InChI=1S/C15H15N3O3/c1-2-21-15(20)18-13-5-3-12(4-6-13)17-14(19)11-7-9-16-10-8-11/h3-10H,2H2,1H3,(H,17,19)(H,18,20). The maximum atomic E-state index is 11.9. The molecule has 0 aliphatic heterocycles. The van der Waals surface area contributed by atoms with E-state index in [2.05, 4.69) is 15.6 Å². The number of carbonyl (C=O) groups excluding carboxylic acids is 2. The van der Waals surface area contributed by atoms with Crippen LogP contribution in [0.3, 0.4) is 0 Å². The summed E-state index contributed by atoms with van der Waals surface area (Å²) in [5.74, 6) is -0.219. The van der Waals surface area contributed by atoms with E-state index in [1.165, 1.54) is 0 Å². The van der Waals surface area contributed by atoms with E-state index >= 15 is 0 Å². The fraction of sp³-hybridized carbons (Fsp3) is 0.133. The van der Waals surface area contributed by atoms with Crippen LogP contribution in [0, 0.1) is 0 Å². The van der Waals surface area contributed by atoms with Crippen molar-refractivity contribution < 1.29 is 14.3 Å². The minimum atomic E-state index is -0.508. The molecule has 0 saturated carbocycles. The summed E-state index contributed by atoms with van der Waals surface area (Å²) in [7, 11) is 0. The Labute approximate surface area is 122 Å². The van der Waals surface area contributed by atoms with Crippen LogP contribution in [0.25, 0.3) is 0 Å². The molecule has 2 N–H and O–H groups in total. The van der Waals surface area contributed by atoms with Gasteiger partial charge in [0.25, 0.3) is 5.91 Å². The number of pyridine rings is 1.